The van der Waals surface area contributed by atoms with E-state index in [1.54, 1.807) is 36.4 Å². The van der Waals surface area contributed by atoms with E-state index in [2.05, 4.69) is 10.3 Å². The molecule has 33 heavy (non-hydrogen) atoms. The zero-order valence-corrected chi connectivity index (χ0v) is 17.8. The number of aromatic nitrogens is 2. The van der Waals surface area contributed by atoms with E-state index in [0.717, 1.165) is 17.0 Å². The molecule has 8 heteroatoms. The van der Waals surface area contributed by atoms with Crippen LogP contribution < -0.4 is 10.2 Å². The maximum absolute atomic E-state index is 12.7. The number of aryl methyl sites for hydroxylation is 1. The Morgan fingerprint density at radius 3 is 2.61 bits per heavy atom. The molecule has 0 saturated heterocycles. The highest BCUT2D eigenvalue weighted by molar-refractivity contribution is 6.10. The van der Waals surface area contributed by atoms with E-state index in [4.69, 9.17) is 4.74 Å². The Morgan fingerprint density at radius 1 is 1.03 bits per heavy atom. The number of para-hydroxylation sites is 3. The first kappa shape index (κ1) is 20.4. The van der Waals surface area contributed by atoms with Crippen molar-refractivity contribution in [2.24, 2.45) is 0 Å². The first-order chi connectivity index (χ1) is 16.0. The molecule has 2 heterocycles. The second kappa shape index (κ2) is 8.23. The van der Waals surface area contributed by atoms with E-state index in [1.165, 1.54) is 4.90 Å². The minimum Gasteiger partial charge on any atom is -0.452 e. The van der Waals surface area contributed by atoms with Gasteiger partial charge in [-0.05, 0) is 49.4 Å². The summed E-state index contributed by atoms with van der Waals surface area (Å²) in [4.78, 5) is 43.2. The van der Waals surface area contributed by atoms with Crippen LogP contribution in [0.2, 0.25) is 0 Å². The molecular weight excluding hydrogens is 420 g/mol. The molecule has 1 aromatic heterocycles. The van der Waals surface area contributed by atoms with Crippen molar-refractivity contribution in [1.82, 2.24) is 9.55 Å². The molecule has 0 atom stereocenters. The fourth-order valence-corrected chi connectivity index (χ4v) is 3.97. The summed E-state index contributed by atoms with van der Waals surface area (Å²) in [5.74, 6) is -0.620. The van der Waals surface area contributed by atoms with E-state index in [1.807, 2.05) is 47.9 Å². The molecule has 0 aliphatic carbocycles. The normalized spacial score (nSPS) is 12.9. The Hall–Kier alpha value is -4.46. The molecule has 5 rings (SSSR count). The zero-order chi connectivity index (χ0) is 22.9. The molecule has 0 fully saturated rings. The fraction of sp³-hybridized carbons (Fsp3) is 0.120. The molecule has 2 amide bonds. The number of esters is 1. The van der Waals surface area contributed by atoms with Crippen molar-refractivity contribution in [2.45, 2.75) is 6.92 Å². The van der Waals surface area contributed by atoms with Gasteiger partial charge in [0.1, 0.15) is 12.4 Å². The number of rotatable bonds is 4. The molecule has 1 aliphatic rings. The second-order valence-corrected chi connectivity index (χ2v) is 7.65. The Kier molecular flexibility index (Phi) is 5.10. The molecule has 8 nitrogen and oxygen atoms in total. The Labute approximate surface area is 189 Å². The molecule has 0 saturated carbocycles. The summed E-state index contributed by atoms with van der Waals surface area (Å²) < 4.78 is 7.27. The van der Waals surface area contributed by atoms with Gasteiger partial charge in [0.2, 0.25) is 5.91 Å². The van der Waals surface area contributed by atoms with E-state index in [-0.39, 0.29) is 12.5 Å². The van der Waals surface area contributed by atoms with Gasteiger partial charge in [-0.2, -0.15) is 0 Å². The van der Waals surface area contributed by atoms with Crippen molar-refractivity contribution in [2.75, 3.05) is 23.4 Å². The topological polar surface area (TPSA) is 93.5 Å². The van der Waals surface area contributed by atoms with E-state index < -0.39 is 18.5 Å². The summed E-state index contributed by atoms with van der Waals surface area (Å²) in [6.45, 7) is 1.29. The molecule has 1 N–H and O–H groups in total. The SMILES string of the molecule is Cc1nc2cc(C(=O)OCC(=O)N3CC(=O)Nc4ccccc43)ccc2n1-c1ccccc1. The maximum Gasteiger partial charge on any atom is 0.338 e. The first-order valence-corrected chi connectivity index (χ1v) is 10.4. The van der Waals surface area contributed by atoms with Crippen molar-refractivity contribution in [1.29, 1.82) is 0 Å². The third-order valence-corrected chi connectivity index (χ3v) is 5.47. The smallest absolute Gasteiger partial charge is 0.338 e. The Bertz CT molecular complexity index is 1390. The van der Waals surface area contributed by atoms with Crippen molar-refractivity contribution < 1.29 is 19.1 Å². The van der Waals surface area contributed by atoms with E-state index >= 15 is 0 Å². The van der Waals surface area contributed by atoms with Gasteiger partial charge in [0.05, 0.1) is 28.0 Å². The van der Waals surface area contributed by atoms with Crippen molar-refractivity contribution in [3.05, 3.63) is 84.2 Å². The highest BCUT2D eigenvalue weighted by Crippen LogP contribution is 2.29. The van der Waals surface area contributed by atoms with Crippen molar-refractivity contribution in [3.8, 4) is 5.69 Å². The number of amides is 2. The fourth-order valence-electron chi connectivity index (χ4n) is 3.97. The molecule has 0 spiro atoms. The van der Waals surface area contributed by atoms with Gasteiger partial charge in [-0.15, -0.1) is 0 Å². The number of nitrogens with zero attached hydrogens (tertiary/aromatic N) is 3. The minimum atomic E-state index is -0.632. The van der Waals surface area contributed by atoms with Gasteiger partial charge in [0.25, 0.3) is 5.91 Å². The van der Waals surface area contributed by atoms with Crippen LogP contribution in [0.3, 0.4) is 0 Å². The van der Waals surface area contributed by atoms with Crippen LogP contribution in [0.1, 0.15) is 16.2 Å². The lowest BCUT2D eigenvalue weighted by Gasteiger charge is -2.28. The number of carbonyl (C=O) groups excluding carboxylic acids is 3. The largest absolute Gasteiger partial charge is 0.452 e. The van der Waals surface area contributed by atoms with Gasteiger partial charge < -0.3 is 10.1 Å². The third-order valence-electron chi connectivity index (χ3n) is 5.47. The Morgan fingerprint density at radius 2 is 1.79 bits per heavy atom. The molecule has 164 valence electrons. The van der Waals surface area contributed by atoms with Gasteiger partial charge in [-0.1, -0.05) is 30.3 Å². The van der Waals surface area contributed by atoms with Crippen LogP contribution in [0, 0.1) is 6.92 Å². The highest BCUT2D eigenvalue weighted by Gasteiger charge is 2.27. The summed E-state index contributed by atoms with van der Waals surface area (Å²) >= 11 is 0. The van der Waals surface area contributed by atoms with Gasteiger partial charge in [-0.3, -0.25) is 19.1 Å². The number of anilines is 2. The van der Waals surface area contributed by atoms with Gasteiger partial charge in [0.15, 0.2) is 6.61 Å². The number of hydrogen-bond donors (Lipinski definition) is 1. The van der Waals surface area contributed by atoms with Crippen LogP contribution in [0.15, 0.2) is 72.8 Å². The predicted molar refractivity (Wildman–Crippen MR) is 124 cm³/mol. The van der Waals surface area contributed by atoms with Gasteiger partial charge in [-0.25, -0.2) is 9.78 Å². The van der Waals surface area contributed by atoms with E-state index in [0.29, 0.717) is 22.5 Å². The molecule has 0 bridgehead atoms. The standard InChI is InChI=1S/C25H20N4O4/c1-16-26-20-13-17(11-12-22(20)29(16)18-7-3-2-4-8-18)25(32)33-15-24(31)28-14-23(30)27-19-9-5-6-10-21(19)28/h2-13H,14-15H2,1H3,(H,27,30). The number of carbonyl (C=O) groups is 3. The van der Waals surface area contributed by atoms with Crippen LogP contribution in [0.25, 0.3) is 16.7 Å². The van der Waals surface area contributed by atoms with Crippen LogP contribution >= 0.6 is 0 Å². The minimum absolute atomic E-state index is 0.129. The maximum atomic E-state index is 12.7. The first-order valence-electron chi connectivity index (χ1n) is 10.4. The lowest BCUT2D eigenvalue weighted by atomic mass is 10.2. The summed E-state index contributed by atoms with van der Waals surface area (Å²) in [7, 11) is 0. The number of fused-ring (bicyclic) bond motifs is 2. The molecule has 0 radical (unpaired) electrons. The second-order valence-electron chi connectivity index (χ2n) is 7.65. The molecule has 1 aliphatic heterocycles. The molecule has 4 aromatic rings. The van der Waals surface area contributed by atoms with Crippen LogP contribution in [-0.2, 0) is 14.3 Å². The number of ether oxygens (including phenoxy) is 1. The summed E-state index contributed by atoms with van der Waals surface area (Å²) in [5, 5.41) is 2.72. The number of nitrogens with one attached hydrogen (secondary N) is 1. The third kappa shape index (κ3) is 3.82. The molecule has 0 unspecified atom stereocenters. The number of hydrogen-bond acceptors (Lipinski definition) is 5. The zero-order valence-electron chi connectivity index (χ0n) is 17.8. The van der Waals surface area contributed by atoms with Crippen molar-refractivity contribution in [3.63, 3.8) is 0 Å². The highest BCUT2D eigenvalue weighted by atomic mass is 16.5. The van der Waals surface area contributed by atoms with E-state index in [9.17, 15) is 14.4 Å². The molecular formula is C25H20N4O4. The van der Waals surface area contributed by atoms with Crippen LogP contribution in [0.4, 0.5) is 11.4 Å². The van der Waals surface area contributed by atoms with Crippen LogP contribution in [0.5, 0.6) is 0 Å². The number of imidazole rings is 1. The summed E-state index contributed by atoms with van der Waals surface area (Å²) in [6, 6.07) is 21.9. The van der Waals surface area contributed by atoms with Crippen molar-refractivity contribution >= 4 is 40.2 Å². The summed E-state index contributed by atoms with van der Waals surface area (Å²) in [5.41, 5.74) is 3.90. The quantitative estimate of drug-likeness (QED) is 0.491. The lowest BCUT2D eigenvalue weighted by Crippen LogP contribution is -2.44. The van der Waals surface area contributed by atoms with Crippen LogP contribution in [-0.4, -0.2) is 40.5 Å². The van der Waals surface area contributed by atoms with Gasteiger partial charge in [0, 0.05) is 5.69 Å². The monoisotopic (exact) mass is 440 g/mol. The number of benzene rings is 3. The average molecular weight is 440 g/mol. The molecule has 3 aromatic carbocycles. The summed E-state index contributed by atoms with van der Waals surface area (Å²) in [6.07, 6.45) is 0. The lowest BCUT2D eigenvalue weighted by molar-refractivity contribution is -0.124. The Balaban J connectivity index is 1.33. The average Bonchev–Trinajstić information content (AvgIpc) is 3.17. The van der Waals surface area contributed by atoms with Gasteiger partial charge >= 0.3 is 5.97 Å². The predicted octanol–water partition coefficient (Wildman–Crippen LogP) is 3.48.